The molecule has 0 saturated heterocycles. The molecule has 0 fully saturated rings. The summed E-state index contributed by atoms with van der Waals surface area (Å²) in [6.07, 6.45) is -1.26. The van der Waals surface area contributed by atoms with Crippen molar-refractivity contribution in [3.05, 3.63) is 4.13 Å². The van der Waals surface area contributed by atoms with Crippen LogP contribution in [0.2, 0.25) is 0 Å². The zero-order valence-corrected chi connectivity index (χ0v) is 17.4. The van der Waals surface area contributed by atoms with Gasteiger partial charge in [0.25, 0.3) is 0 Å². The first kappa shape index (κ1) is 30.5. The number of halogens is 6. The lowest BCUT2D eigenvalue weighted by Gasteiger charge is -2.37. The molecule has 0 aliphatic rings. The molecule has 0 heterocycles. The molecule has 178 valence electrons. The van der Waals surface area contributed by atoms with E-state index in [2.05, 4.69) is 0 Å². The van der Waals surface area contributed by atoms with Crippen LogP contribution in [0, 0.1) is 0 Å². The average molecular weight is 486 g/mol. The molecule has 0 aliphatic carbocycles. The number of aliphatic hydroxyl groups is 3. The summed E-state index contributed by atoms with van der Waals surface area (Å²) in [7, 11) is -11.5. The summed E-state index contributed by atoms with van der Waals surface area (Å²) in [5, 5.41) is 28.0. The van der Waals surface area contributed by atoms with Crippen LogP contribution in [0.25, 0.3) is 4.13 Å². The van der Waals surface area contributed by atoms with Gasteiger partial charge in [0.1, 0.15) is 37.9 Å². The van der Waals surface area contributed by atoms with Gasteiger partial charge >= 0.3 is 11.0 Å². The Labute approximate surface area is 164 Å². The number of likely N-dealkylation sites (N-methyl/N-ethyl adjacent to an activating group) is 1. The maximum atomic E-state index is 11.4. The third-order valence-electron chi connectivity index (χ3n) is 2.90. The number of hydrogen-bond donors (Lipinski definition) is 3. The van der Waals surface area contributed by atoms with Crippen molar-refractivity contribution in [3.63, 3.8) is 0 Å². The molecular weight excluding hydrogens is 462 g/mol. The number of sulfonamides is 2. The van der Waals surface area contributed by atoms with E-state index in [4.69, 9.17) is 0 Å². The van der Waals surface area contributed by atoms with Gasteiger partial charge in [-0.05, 0) is 20.8 Å². The molecule has 0 aromatic rings. The molecule has 0 radical (unpaired) electrons. The molecule has 29 heavy (non-hydrogen) atoms. The summed E-state index contributed by atoms with van der Waals surface area (Å²) in [4.78, 5) is 0. The monoisotopic (exact) mass is 486 g/mol. The van der Waals surface area contributed by atoms with Crippen molar-refractivity contribution in [2.45, 2.75) is 50.1 Å². The molecule has 9 nitrogen and oxygen atoms in total. The lowest BCUT2D eigenvalue weighted by molar-refractivity contribution is -0.917. The van der Waals surface area contributed by atoms with Crippen LogP contribution in [-0.2, 0) is 20.0 Å². The van der Waals surface area contributed by atoms with E-state index in [-0.39, 0.29) is 0 Å². The van der Waals surface area contributed by atoms with E-state index in [0.29, 0.717) is 24.1 Å². The molecule has 0 aromatic carbocycles. The molecule has 0 saturated carbocycles. The Kier molecular flexibility index (Phi) is 11.1. The van der Waals surface area contributed by atoms with Gasteiger partial charge in [-0.2, -0.15) is 26.3 Å². The molecule has 17 heteroatoms. The SMILES string of the molecule is CC(O)C[N+](C)(CC(C)O)CC(C)O.O=S(=O)([N-]S(=O)(=O)C(F)(F)F)C(F)(F)F. The van der Waals surface area contributed by atoms with Crippen LogP contribution >= 0.6 is 0 Å². The predicted octanol–water partition coefficient (Wildman–Crippen LogP) is 0.635. The van der Waals surface area contributed by atoms with Gasteiger partial charge in [0.05, 0.1) is 7.05 Å². The molecule has 0 bridgehead atoms. The minimum Gasteiger partial charge on any atom is -0.421 e. The molecule has 0 aromatic heterocycles. The quantitative estimate of drug-likeness (QED) is 0.337. The predicted molar refractivity (Wildman–Crippen MR) is 89.1 cm³/mol. The lowest BCUT2D eigenvalue weighted by atomic mass is 10.2. The zero-order valence-electron chi connectivity index (χ0n) is 15.8. The summed E-state index contributed by atoms with van der Waals surface area (Å²) in [5.41, 5.74) is -12.4. The Bertz CT molecular complexity index is 635. The summed E-state index contributed by atoms with van der Waals surface area (Å²) < 4.78 is 110. The van der Waals surface area contributed by atoms with E-state index in [9.17, 15) is 58.5 Å². The van der Waals surface area contributed by atoms with Gasteiger partial charge in [0, 0.05) is 0 Å². The summed E-state index contributed by atoms with van der Waals surface area (Å²) >= 11 is 0. The standard InChI is InChI=1S/C10H24NO3.C2F6NO4S2/c1-8(12)5-11(4,6-9(2)13)7-10(3)14;3-1(4,5)14(10,11)9-15(12,13)2(6,7)8/h8-10,12-14H,5-7H2,1-4H3;/q+1;-1. The molecule has 0 amide bonds. The van der Waals surface area contributed by atoms with Crippen LogP contribution in [0.4, 0.5) is 26.3 Å². The van der Waals surface area contributed by atoms with Crippen molar-refractivity contribution in [1.82, 2.24) is 0 Å². The minimum absolute atomic E-state index is 0.419. The third-order valence-corrected chi connectivity index (χ3v) is 5.64. The number of rotatable bonds is 8. The highest BCUT2D eigenvalue weighted by molar-refractivity contribution is 8.13. The number of aliphatic hydroxyl groups excluding tert-OH is 3. The largest absolute Gasteiger partial charge is 0.480 e. The van der Waals surface area contributed by atoms with Gasteiger partial charge in [-0.3, -0.25) is 0 Å². The number of alkyl halides is 6. The summed E-state index contributed by atoms with van der Waals surface area (Å²) in [6, 6.07) is 0. The van der Waals surface area contributed by atoms with Gasteiger partial charge in [0.2, 0.25) is 0 Å². The number of quaternary nitrogens is 1. The number of hydrogen-bond acceptors (Lipinski definition) is 7. The fourth-order valence-corrected chi connectivity index (χ4v) is 4.06. The van der Waals surface area contributed by atoms with Crippen LogP contribution in [0.3, 0.4) is 0 Å². The van der Waals surface area contributed by atoms with E-state index in [0.717, 1.165) is 4.13 Å². The van der Waals surface area contributed by atoms with Crippen LogP contribution in [0.15, 0.2) is 0 Å². The van der Waals surface area contributed by atoms with Gasteiger partial charge in [-0.1, -0.05) is 0 Å². The van der Waals surface area contributed by atoms with Crippen LogP contribution < -0.4 is 0 Å². The maximum absolute atomic E-state index is 11.4. The maximum Gasteiger partial charge on any atom is 0.480 e. The first-order valence-electron chi connectivity index (χ1n) is 7.70. The van der Waals surface area contributed by atoms with E-state index in [1.165, 1.54) is 0 Å². The molecule has 0 spiro atoms. The zero-order chi connectivity index (χ0) is 24.1. The first-order valence-corrected chi connectivity index (χ1v) is 10.6. The Morgan fingerprint density at radius 2 is 0.931 bits per heavy atom. The molecule has 0 aliphatic heterocycles. The van der Waals surface area contributed by atoms with Crippen molar-refractivity contribution in [2.75, 3.05) is 26.7 Å². The van der Waals surface area contributed by atoms with Crippen molar-refractivity contribution < 1.29 is 63.0 Å². The van der Waals surface area contributed by atoms with Crippen LogP contribution in [0.5, 0.6) is 0 Å². The Morgan fingerprint density at radius 3 is 1.07 bits per heavy atom. The highest BCUT2D eigenvalue weighted by Crippen LogP contribution is 2.36. The van der Waals surface area contributed by atoms with Crippen molar-refractivity contribution in [3.8, 4) is 0 Å². The van der Waals surface area contributed by atoms with Gasteiger partial charge in [0.15, 0.2) is 20.0 Å². The van der Waals surface area contributed by atoms with Crippen LogP contribution in [-0.4, -0.2) is 92.6 Å². The molecule has 0 rings (SSSR count). The minimum atomic E-state index is -6.72. The van der Waals surface area contributed by atoms with E-state index in [1.54, 1.807) is 20.8 Å². The van der Waals surface area contributed by atoms with Gasteiger partial charge < -0.3 is 23.9 Å². The second-order valence-electron chi connectivity index (χ2n) is 6.63. The highest BCUT2D eigenvalue weighted by atomic mass is 32.3. The van der Waals surface area contributed by atoms with Crippen molar-refractivity contribution in [2.24, 2.45) is 0 Å². The van der Waals surface area contributed by atoms with Crippen molar-refractivity contribution >= 4 is 20.0 Å². The fraction of sp³-hybridized carbons (Fsp3) is 1.00. The van der Waals surface area contributed by atoms with E-state index >= 15 is 0 Å². The summed E-state index contributed by atoms with van der Waals surface area (Å²) in [6.45, 7) is 6.82. The normalized spacial score (nSPS) is 18.8. The van der Waals surface area contributed by atoms with E-state index < -0.39 is 49.4 Å². The van der Waals surface area contributed by atoms with Gasteiger partial charge in [-0.25, -0.2) is 16.8 Å². The van der Waals surface area contributed by atoms with E-state index in [1.807, 2.05) is 7.05 Å². The Balaban J connectivity index is 0. The molecule has 3 atom stereocenters. The second-order valence-corrected chi connectivity index (χ2v) is 10.1. The lowest BCUT2D eigenvalue weighted by Crippen LogP contribution is -2.54. The average Bonchev–Trinajstić information content (AvgIpc) is 2.30. The number of nitrogens with zero attached hydrogens (tertiary/aromatic N) is 2. The third kappa shape index (κ3) is 11.9. The topological polar surface area (TPSA) is 143 Å². The Hall–Kier alpha value is -0.720. The Morgan fingerprint density at radius 1 is 0.724 bits per heavy atom. The fourth-order valence-electron chi connectivity index (χ4n) is 2.35. The highest BCUT2D eigenvalue weighted by Gasteiger charge is 2.46. The van der Waals surface area contributed by atoms with Gasteiger partial charge in [-0.15, -0.1) is 0 Å². The summed E-state index contributed by atoms with van der Waals surface area (Å²) in [5.74, 6) is 0. The molecule has 3 N–H and O–H groups in total. The second kappa shape index (κ2) is 10.5. The molecule has 3 unspecified atom stereocenters. The first-order chi connectivity index (χ1) is 12.5. The smallest absolute Gasteiger partial charge is 0.421 e. The van der Waals surface area contributed by atoms with Crippen LogP contribution in [0.1, 0.15) is 20.8 Å². The van der Waals surface area contributed by atoms with Crippen molar-refractivity contribution in [1.29, 1.82) is 0 Å². The molecular formula is C12H24F6N2O7S2.